The van der Waals surface area contributed by atoms with Crippen molar-refractivity contribution < 1.29 is 14.7 Å². The zero-order chi connectivity index (χ0) is 15.2. The molecule has 2 N–H and O–H groups in total. The molecule has 116 valence electrons. The van der Waals surface area contributed by atoms with Gasteiger partial charge in [0.25, 0.3) is 0 Å². The topological polar surface area (TPSA) is 69.6 Å². The van der Waals surface area contributed by atoms with E-state index in [9.17, 15) is 9.59 Å². The van der Waals surface area contributed by atoms with Crippen LogP contribution in [0.5, 0.6) is 0 Å². The second-order valence-electron chi connectivity index (χ2n) is 6.14. The number of nitrogens with one attached hydrogen (secondary N) is 1. The maximum Gasteiger partial charge on any atom is 0.317 e. The minimum Gasteiger partial charge on any atom is -0.481 e. The van der Waals surface area contributed by atoms with Gasteiger partial charge < -0.3 is 15.3 Å². The van der Waals surface area contributed by atoms with Crippen molar-refractivity contribution in [2.24, 2.45) is 0 Å². The van der Waals surface area contributed by atoms with Gasteiger partial charge in [-0.3, -0.25) is 4.79 Å². The van der Waals surface area contributed by atoms with Crippen molar-refractivity contribution in [2.75, 3.05) is 18.8 Å². The molecule has 2 amide bonds. The SMILES string of the molecule is CC(C)(C)N(CCC(=O)O)C(=O)NCC1CCCCS1. The molecule has 1 saturated heterocycles. The van der Waals surface area contributed by atoms with E-state index in [-0.39, 0.29) is 24.5 Å². The second-order valence-corrected chi connectivity index (χ2v) is 7.55. The van der Waals surface area contributed by atoms with E-state index in [0.717, 1.165) is 6.42 Å². The van der Waals surface area contributed by atoms with E-state index in [1.807, 2.05) is 32.5 Å². The number of carbonyl (C=O) groups excluding carboxylic acids is 1. The van der Waals surface area contributed by atoms with Gasteiger partial charge in [-0.15, -0.1) is 0 Å². The first-order valence-corrected chi connectivity index (χ1v) is 8.24. The molecule has 20 heavy (non-hydrogen) atoms. The van der Waals surface area contributed by atoms with E-state index in [1.165, 1.54) is 18.6 Å². The molecule has 0 bridgehead atoms. The van der Waals surface area contributed by atoms with Crippen LogP contribution in [-0.4, -0.2) is 51.6 Å². The predicted molar refractivity (Wildman–Crippen MR) is 82.2 cm³/mol. The van der Waals surface area contributed by atoms with E-state index in [2.05, 4.69) is 5.32 Å². The maximum absolute atomic E-state index is 12.3. The zero-order valence-electron chi connectivity index (χ0n) is 12.6. The molecule has 1 aliphatic rings. The van der Waals surface area contributed by atoms with Crippen LogP contribution in [0.4, 0.5) is 4.79 Å². The quantitative estimate of drug-likeness (QED) is 0.819. The Morgan fingerprint density at radius 1 is 1.35 bits per heavy atom. The maximum atomic E-state index is 12.3. The third-order valence-electron chi connectivity index (χ3n) is 3.36. The first-order chi connectivity index (χ1) is 9.30. The lowest BCUT2D eigenvalue weighted by Gasteiger charge is -2.36. The van der Waals surface area contributed by atoms with Crippen molar-refractivity contribution in [3.05, 3.63) is 0 Å². The fraction of sp³-hybridized carbons (Fsp3) is 0.857. The van der Waals surface area contributed by atoms with Crippen LogP contribution in [0.1, 0.15) is 46.5 Å². The van der Waals surface area contributed by atoms with Crippen molar-refractivity contribution in [2.45, 2.75) is 57.2 Å². The Balaban J connectivity index is 2.47. The van der Waals surface area contributed by atoms with Crippen LogP contribution in [0, 0.1) is 0 Å². The molecule has 1 rings (SSSR count). The summed E-state index contributed by atoms with van der Waals surface area (Å²) >= 11 is 1.92. The van der Waals surface area contributed by atoms with Gasteiger partial charge in [0.2, 0.25) is 0 Å². The molecule has 5 nitrogen and oxygen atoms in total. The first kappa shape index (κ1) is 17.1. The monoisotopic (exact) mass is 302 g/mol. The molecule has 1 unspecified atom stereocenters. The number of hydrogen-bond donors (Lipinski definition) is 2. The second kappa shape index (κ2) is 7.76. The van der Waals surface area contributed by atoms with Crippen LogP contribution in [0.15, 0.2) is 0 Å². The van der Waals surface area contributed by atoms with Gasteiger partial charge in [-0.25, -0.2) is 4.79 Å². The Bertz CT molecular complexity index is 336. The molecule has 1 fully saturated rings. The highest BCUT2D eigenvalue weighted by Crippen LogP contribution is 2.24. The van der Waals surface area contributed by atoms with Gasteiger partial charge in [0, 0.05) is 23.9 Å². The van der Waals surface area contributed by atoms with Crippen molar-refractivity contribution in [1.29, 1.82) is 0 Å². The molecule has 6 heteroatoms. The van der Waals surface area contributed by atoms with Gasteiger partial charge in [-0.1, -0.05) is 6.42 Å². The molecule has 0 aromatic heterocycles. The molecule has 0 saturated carbocycles. The number of carbonyl (C=O) groups is 2. The van der Waals surface area contributed by atoms with Crippen molar-refractivity contribution in [3.63, 3.8) is 0 Å². The van der Waals surface area contributed by atoms with E-state index in [0.29, 0.717) is 11.8 Å². The molecule has 0 aromatic carbocycles. The van der Waals surface area contributed by atoms with Crippen LogP contribution in [0.25, 0.3) is 0 Å². The lowest BCUT2D eigenvalue weighted by Crippen LogP contribution is -2.52. The van der Waals surface area contributed by atoms with Crippen LogP contribution in [0.2, 0.25) is 0 Å². The van der Waals surface area contributed by atoms with E-state index in [4.69, 9.17) is 5.11 Å². The summed E-state index contributed by atoms with van der Waals surface area (Å²) in [5.74, 6) is 0.289. The van der Waals surface area contributed by atoms with Gasteiger partial charge in [0.1, 0.15) is 0 Å². The zero-order valence-corrected chi connectivity index (χ0v) is 13.5. The first-order valence-electron chi connectivity index (χ1n) is 7.19. The molecule has 0 aliphatic carbocycles. The minimum absolute atomic E-state index is 0.0249. The number of urea groups is 1. The van der Waals surface area contributed by atoms with Gasteiger partial charge in [-0.05, 0) is 39.4 Å². The molecule has 0 aromatic rings. The highest BCUT2D eigenvalue weighted by molar-refractivity contribution is 7.99. The molecule has 1 heterocycles. The third kappa shape index (κ3) is 6.03. The van der Waals surface area contributed by atoms with Crippen molar-refractivity contribution >= 4 is 23.8 Å². The molecule has 1 atom stereocenters. The highest BCUT2D eigenvalue weighted by atomic mass is 32.2. The summed E-state index contributed by atoms with van der Waals surface area (Å²) in [6.45, 7) is 6.67. The third-order valence-corrected chi connectivity index (χ3v) is 4.76. The summed E-state index contributed by atoms with van der Waals surface area (Å²) in [6, 6.07) is -0.162. The molecule has 0 radical (unpaired) electrons. The Labute approximate surface area is 125 Å². The fourth-order valence-corrected chi connectivity index (χ4v) is 3.45. The van der Waals surface area contributed by atoms with Gasteiger partial charge in [0.05, 0.1) is 6.42 Å². The van der Waals surface area contributed by atoms with Gasteiger partial charge in [0.15, 0.2) is 0 Å². The number of rotatable bonds is 5. The predicted octanol–water partition coefficient (Wildman–Crippen LogP) is 2.56. The van der Waals surface area contributed by atoms with Crippen LogP contribution < -0.4 is 5.32 Å². The Morgan fingerprint density at radius 3 is 2.55 bits per heavy atom. The lowest BCUT2D eigenvalue weighted by atomic mass is 10.1. The molecular weight excluding hydrogens is 276 g/mol. The van der Waals surface area contributed by atoms with E-state index < -0.39 is 5.97 Å². The summed E-state index contributed by atoms with van der Waals surface area (Å²) in [5.41, 5.74) is -0.376. The number of hydrogen-bond acceptors (Lipinski definition) is 3. The van der Waals surface area contributed by atoms with Gasteiger partial charge >= 0.3 is 12.0 Å². The fourth-order valence-electron chi connectivity index (χ4n) is 2.21. The Kier molecular flexibility index (Phi) is 6.65. The number of carboxylic acids is 1. The van der Waals surface area contributed by atoms with E-state index >= 15 is 0 Å². The summed E-state index contributed by atoms with van der Waals surface area (Å²) in [7, 11) is 0. The molecule has 0 spiro atoms. The lowest BCUT2D eigenvalue weighted by molar-refractivity contribution is -0.137. The Morgan fingerprint density at radius 2 is 2.05 bits per heavy atom. The molecular formula is C14H26N2O3S. The number of thioether (sulfide) groups is 1. The average molecular weight is 302 g/mol. The standard InChI is InChI=1S/C14H26N2O3S/c1-14(2,3)16(8-7-12(17)18)13(19)15-10-11-6-4-5-9-20-11/h11H,4-10H2,1-3H3,(H,15,19)(H,17,18). The summed E-state index contributed by atoms with van der Waals surface area (Å²) in [6.07, 6.45) is 3.62. The smallest absolute Gasteiger partial charge is 0.317 e. The normalized spacial score (nSPS) is 19.4. The Hall–Kier alpha value is -0.910. The number of nitrogens with zero attached hydrogens (tertiary/aromatic N) is 1. The average Bonchev–Trinajstić information content (AvgIpc) is 2.35. The number of amides is 2. The molecule has 1 aliphatic heterocycles. The van der Waals surface area contributed by atoms with Crippen molar-refractivity contribution in [1.82, 2.24) is 10.2 Å². The summed E-state index contributed by atoms with van der Waals surface area (Å²) in [4.78, 5) is 24.6. The minimum atomic E-state index is -0.880. The van der Waals surface area contributed by atoms with E-state index in [1.54, 1.807) is 4.90 Å². The van der Waals surface area contributed by atoms with Gasteiger partial charge in [-0.2, -0.15) is 11.8 Å². The largest absolute Gasteiger partial charge is 0.481 e. The number of carboxylic acid groups (broad SMARTS) is 1. The van der Waals surface area contributed by atoms with Crippen LogP contribution in [-0.2, 0) is 4.79 Å². The highest BCUT2D eigenvalue weighted by Gasteiger charge is 2.27. The summed E-state index contributed by atoms with van der Waals surface area (Å²) < 4.78 is 0. The van der Waals surface area contributed by atoms with Crippen molar-refractivity contribution in [3.8, 4) is 0 Å². The number of aliphatic carboxylic acids is 1. The van der Waals surface area contributed by atoms with Crippen LogP contribution >= 0.6 is 11.8 Å². The van der Waals surface area contributed by atoms with Crippen LogP contribution in [0.3, 0.4) is 0 Å². The summed E-state index contributed by atoms with van der Waals surface area (Å²) in [5, 5.41) is 12.2.